The molecule has 1 heterocycles. The van der Waals surface area contributed by atoms with Crippen molar-refractivity contribution in [1.29, 1.82) is 0 Å². The Hall–Kier alpha value is -3.03. The summed E-state index contributed by atoms with van der Waals surface area (Å²) in [7, 11) is -3.80. The lowest BCUT2D eigenvalue weighted by Crippen LogP contribution is -2.46. The summed E-state index contributed by atoms with van der Waals surface area (Å²) < 4.78 is 40.7. The highest BCUT2D eigenvalue weighted by molar-refractivity contribution is 7.89. The fourth-order valence-electron chi connectivity index (χ4n) is 4.24. The number of piperidine rings is 1. The zero-order chi connectivity index (χ0) is 23.4. The summed E-state index contributed by atoms with van der Waals surface area (Å²) in [6.07, 6.45) is 1.19. The first-order chi connectivity index (χ1) is 15.8. The van der Waals surface area contributed by atoms with E-state index in [1.165, 1.54) is 16.4 Å². The van der Waals surface area contributed by atoms with E-state index in [0.717, 1.165) is 28.8 Å². The zero-order valence-electron chi connectivity index (χ0n) is 18.4. The number of amides is 1. The zero-order valence-corrected chi connectivity index (χ0v) is 19.3. The number of hydrogen-bond acceptors (Lipinski definition) is 3. The van der Waals surface area contributed by atoms with Gasteiger partial charge in [-0.3, -0.25) is 4.79 Å². The number of nitrogens with one attached hydrogen (secondary N) is 1. The lowest BCUT2D eigenvalue weighted by Gasteiger charge is -2.32. The Labute approximate surface area is 194 Å². The molecular formula is C26H27FN2O3S. The molecule has 0 spiro atoms. The number of carbonyl (C=O) groups excluding carboxylic acids is 1. The predicted octanol–water partition coefficient (Wildman–Crippen LogP) is 4.44. The Morgan fingerprint density at radius 2 is 1.70 bits per heavy atom. The van der Waals surface area contributed by atoms with Crippen LogP contribution in [0.3, 0.4) is 0 Å². The van der Waals surface area contributed by atoms with E-state index in [0.29, 0.717) is 19.4 Å². The molecule has 1 saturated heterocycles. The fourth-order valence-corrected chi connectivity index (χ4v) is 5.77. The van der Waals surface area contributed by atoms with E-state index in [4.69, 9.17) is 0 Å². The van der Waals surface area contributed by atoms with Crippen LogP contribution in [-0.4, -0.2) is 31.7 Å². The topological polar surface area (TPSA) is 66.5 Å². The van der Waals surface area contributed by atoms with Gasteiger partial charge in [0.1, 0.15) is 5.82 Å². The quantitative estimate of drug-likeness (QED) is 0.584. The van der Waals surface area contributed by atoms with Gasteiger partial charge < -0.3 is 5.32 Å². The normalized spacial score (nSPS) is 17.9. The minimum Gasteiger partial charge on any atom is -0.345 e. The van der Waals surface area contributed by atoms with E-state index >= 15 is 0 Å². The van der Waals surface area contributed by atoms with Gasteiger partial charge in [0.25, 0.3) is 0 Å². The Morgan fingerprint density at radius 1 is 1.00 bits per heavy atom. The van der Waals surface area contributed by atoms with Crippen molar-refractivity contribution in [2.45, 2.75) is 30.7 Å². The number of aryl methyl sites for hydroxylation is 1. The molecule has 0 bridgehead atoms. The minimum atomic E-state index is -3.80. The number of nitrogens with zero attached hydrogens (tertiary/aromatic N) is 1. The molecule has 172 valence electrons. The molecule has 1 fully saturated rings. The second-order valence-corrected chi connectivity index (χ2v) is 10.4. The maximum atomic E-state index is 13.3. The number of hydrogen-bond donors (Lipinski definition) is 1. The van der Waals surface area contributed by atoms with E-state index in [2.05, 4.69) is 5.32 Å². The molecule has 1 amide bonds. The van der Waals surface area contributed by atoms with Gasteiger partial charge in [-0.2, -0.15) is 4.31 Å². The van der Waals surface area contributed by atoms with Crippen LogP contribution in [0.2, 0.25) is 0 Å². The number of sulfonamides is 1. The molecule has 0 radical (unpaired) electrons. The lowest BCUT2D eigenvalue weighted by molar-refractivity contribution is -0.126. The molecule has 0 unspecified atom stereocenters. The van der Waals surface area contributed by atoms with Gasteiger partial charge >= 0.3 is 0 Å². The average molecular weight is 467 g/mol. The highest BCUT2D eigenvalue weighted by Crippen LogP contribution is 2.27. The van der Waals surface area contributed by atoms with Crippen LogP contribution < -0.4 is 5.32 Å². The molecule has 5 nitrogen and oxygen atoms in total. The average Bonchev–Trinajstić information content (AvgIpc) is 2.83. The van der Waals surface area contributed by atoms with Gasteiger partial charge in [0.2, 0.25) is 15.9 Å². The minimum absolute atomic E-state index is 0.0341. The molecular weight excluding hydrogens is 439 g/mol. The molecule has 4 rings (SSSR count). The molecule has 0 saturated carbocycles. The summed E-state index contributed by atoms with van der Waals surface area (Å²) in [6, 6.07) is 22.2. The van der Waals surface area contributed by atoms with Crippen LogP contribution in [0.4, 0.5) is 4.39 Å². The van der Waals surface area contributed by atoms with Crippen LogP contribution in [0.5, 0.6) is 0 Å². The van der Waals surface area contributed by atoms with E-state index < -0.39 is 21.8 Å². The van der Waals surface area contributed by atoms with E-state index in [1.807, 2.05) is 61.5 Å². The number of rotatable bonds is 6. The summed E-state index contributed by atoms with van der Waals surface area (Å²) in [5.41, 5.74) is 3.03. The van der Waals surface area contributed by atoms with Crippen molar-refractivity contribution in [1.82, 2.24) is 9.62 Å². The van der Waals surface area contributed by atoms with Crippen LogP contribution in [0.25, 0.3) is 0 Å². The Kier molecular flexibility index (Phi) is 6.91. The molecule has 2 atom stereocenters. The van der Waals surface area contributed by atoms with Crippen molar-refractivity contribution in [3.63, 3.8) is 0 Å². The Bertz CT molecular complexity index is 1210. The van der Waals surface area contributed by atoms with Crippen molar-refractivity contribution in [2.75, 3.05) is 13.1 Å². The summed E-state index contributed by atoms with van der Waals surface area (Å²) in [6.45, 7) is 2.44. The van der Waals surface area contributed by atoms with Crippen LogP contribution in [0.15, 0.2) is 83.8 Å². The van der Waals surface area contributed by atoms with Gasteiger partial charge in [-0.05, 0) is 55.2 Å². The Balaban J connectivity index is 1.54. The van der Waals surface area contributed by atoms with Gasteiger partial charge in [0, 0.05) is 13.1 Å². The Morgan fingerprint density at radius 3 is 2.39 bits per heavy atom. The first-order valence-electron chi connectivity index (χ1n) is 11.0. The number of carbonyl (C=O) groups is 1. The van der Waals surface area contributed by atoms with Gasteiger partial charge in [0.15, 0.2) is 0 Å². The molecule has 3 aromatic rings. The molecule has 0 aromatic heterocycles. The third-order valence-corrected chi connectivity index (χ3v) is 7.88. The molecule has 0 aliphatic carbocycles. The second-order valence-electron chi connectivity index (χ2n) is 8.42. The number of halogens is 1. The third kappa shape index (κ3) is 5.31. The highest BCUT2D eigenvalue weighted by Gasteiger charge is 2.34. The molecule has 1 N–H and O–H groups in total. The van der Waals surface area contributed by atoms with Crippen LogP contribution in [0, 0.1) is 18.7 Å². The first kappa shape index (κ1) is 23.1. The predicted molar refractivity (Wildman–Crippen MR) is 125 cm³/mol. The monoisotopic (exact) mass is 466 g/mol. The third-order valence-electron chi connectivity index (χ3n) is 6.00. The van der Waals surface area contributed by atoms with Crippen molar-refractivity contribution in [3.05, 3.63) is 101 Å². The molecule has 7 heteroatoms. The highest BCUT2D eigenvalue weighted by atomic mass is 32.2. The van der Waals surface area contributed by atoms with Crippen molar-refractivity contribution >= 4 is 15.9 Å². The SMILES string of the molecule is Cc1cccc([C@H](NC(=O)[C@@H]2CCCN(S(=O)(=O)c3ccc(F)cc3)C2)c2ccccc2)c1. The standard InChI is InChI=1S/C26H27FN2O3S/c1-19-7-5-10-21(17-19)25(20-8-3-2-4-9-20)28-26(30)22-11-6-16-29(18-22)33(31,32)24-14-12-23(27)13-15-24/h2-5,7-10,12-15,17,22,25H,6,11,16,18H2,1H3,(H,28,30)/t22-,25-/m1/s1. The largest absolute Gasteiger partial charge is 0.345 e. The van der Waals surface area contributed by atoms with E-state index in [1.54, 1.807) is 0 Å². The van der Waals surface area contributed by atoms with Crippen LogP contribution >= 0.6 is 0 Å². The van der Waals surface area contributed by atoms with Crippen molar-refractivity contribution in [3.8, 4) is 0 Å². The van der Waals surface area contributed by atoms with Crippen LogP contribution in [-0.2, 0) is 14.8 Å². The lowest BCUT2D eigenvalue weighted by atomic mass is 9.94. The smallest absolute Gasteiger partial charge is 0.243 e. The van der Waals surface area contributed by atoms with Crippen LogP contribution in [0.1, 0.15) is 35.6 Å². The summed E-state index contributed by atoms with van der Waals surface area (Å²) in [5, 5.41) is 3.16. The molecule has 3 aromatic carbocycles. The van der Waals surface area contributed by atoms with Gasteiger partial charge in [-0.15, -0.1) is 0 Å². The maximum Gasteiger partial charge on any atom is 0.243 e. The van der Waals surface area contributed by atoms with E-state index in [9.17, 15) is 17.6 Å². The summed E-state index contributed by atoms with van der Waals surface area (Å²) in [4.78, 5) is 13.3. The van der Waals surface area contributed by atoms with Crippen molar-refractivity contribution < 1.29 is 17.6 Å². The first-order valence-corrected chi connectivity index (χ1v) is 12.5. The number of benzene rings is 3. The molecule has 1 aliphatic heterocycles. The van der Waals surface area contributed by atoms with Crippen molar-refractivity contribution in [2.24, 2.45) is 5.92 Å². The van der Waals surface area contributed by atoms with Gasteiger partial charge in [0.05, 0.1) is 16.9 Å². The maximum absolute atomic E-state index is 13.3. The van der Waals surface area contributed by atoms with Gasteiger partial charge in [-0.25, -0.2) is 12.8 Å². The molecule has 33 heavy (non-hydrogen) atoms. The second kappa shape index (κ2) is 9.85. The molecule has 1 aliphatic rings. The fraction of sp³-hybridized carbons (Fsp3) is 0.269. The summed E-state index contributed by atoms with van der Waals surface area (Å²) >= 11 is 0. The summed E-state index contributed by atoms with van der Waals surface area (Å²) in [5.74, 6) is -1.14. The van der Waals surface area contributed by atoms with Gasteiger partial charge in [-0.1, -0.05) is 60.2 Å². The van der Waals surface area contributed by atoms with E-state index in [-0.39, 0.29) is 23.4 Å².